The first-order valence-corrected chi connectivity index (χ1v) is 18.7. The van der Waals surface area contributed by atoms with E-state index in [-0.39, 0.29) is 0 Å². The van der Waals surface area contributed by atoms with Crippen molar-refractivity contribution in [1.82, 2.24) is 19.1 Å². The van der Waals surface area contributed by atoms with Gasteiger partial charge in [-0.3, -0.25) is 4.57 Å². The maximum absolute atomic E-state index is 5.46. The Bertz CT molecular complexity index is 3420. The summed E-state index contributed by atoms with van der Waals surface area (Å²) in [6, 6.07) is 61.2. The van der Waals surface area contributed by atoms with E-state index in [1.165, 1.54) is 63.5 Å². The molecule has 0 N–H and O–H groups in total. The molecule has 8 aromatic carbocycles. The SMILES string of the molecule is c1ccc2c(c1)ccc1c2c2cc(-n3c4ccccc4c4ccccc43)ccc2n1-c1nc(-c2ccc3c(c2)sc2ccccc23)c2ccccc2n1. The first kappa shape index (κ1) is 28.8. The van der Waals surface area contributed by atoms with Gasteiger partial charge in [-0.15, -0.1) is 11.3 Å². The average molecular weight is 693 g/mol. The molecule has 53 heavy (non-hydrogen) atoms. The average Bonchev–Trinajstić information content (AvgIpc) is 3.87. The molecule has 0 fully saturated rings. The van der Waals surface area contributed by atoms with Crippen molar-refractivity contribution in [2.45, 2.75) is 0 Å². The van der Waals surface area contributed by atoms with Crippen LogP contribution >= 0.6 is 11.3 Å². The molecule has 0 saturated heterocycles. The number of benzene rings is 8. The Morgan fingerprint density at radius 1 is 0.396 bits per heavy atom. The van der Waals surface area contributed by atoms with Crippen LogP contribution in [0.4, 0.5) is 0 Å². The summed E-state index contributed by atoms with van der Waals surface area (Å²) in [7, 11) is 0. The first-order chi connectivity index (χ1) is 26.3. The molecular formula is C48H28N4S. The molecule has 0 atom stereocenters. The smallest absolute Gasteiger partial charge is 0.235 e. The summed E-state index contributed by atoms with van der Waals surface area (Å²) in [5, 5.41) is 10.9. The molecule has 12 aromatic rings. The molecule has 246 valence electrons. The predicted octanol–water partition coefficient (Wildman–Crippen LogP) is 13.0. The van der Waals surface area contributed by atoms with E-state index in [1.54, 1.807) is 0 Å². The lowest BCUT2D eigenvalue weighted by molar-refractivity contribution is 1.01. The van der Waals surface area contributed by atoms with Crippen molar-refractivity contribution < 1.29 is 0 Å². The van der Waals surface area contributed by atoms with E-state index in [0.29, 0.717) is 5.95 Å². The molecule has 4 nitrogen and oxygen atoms in total. The van der Waals surface area contributed by atoms with Crippen LogP contribution in [0.2, 0.25) is 0 Å². The van der Waals surface area contributed by atoms with Gasteiger partial charge in [0.05, 0.1) is 33.3 Å². The second-order valence-corrected chi connectivity index (χ2v) is 14.9. The van der Waals surface area contributed by atoms with Crippen LogP contribution in [0, 0.1) is 0 Å². The highest BCUT2D eigenvalue weighted by atomic mass is 32.1. The van der Waals surface area contributed by atoms with Crippen molar-refractivity contribution in [2.75, 3.05) is 0 Å². The number of para-hydroxylation sites is 3. The number of nitrogens with zero attached hydrogens (tertiary/aromatic N) is 4. The zero-order valence-corrected chi connectivity index (χ0v) is 29.2. The van der Waals surface area contributed by atoms with Crippen LogP contribution in [0.5, 0.6) is 0 Å². The third-order valence-electron chi connectivity index (χ3n) is 10.9. The molecule has 5 heteroatoms. The van der Waals surface area contributed by atoms with Crippen molar-refractivity contribution in [1.29, 1.82) is 0 Å². The zero-order valence-electron chi connectivity index (χ0n) is 28.4. The number of hydrogen-bond donors (Lipinski definition) is 0. The molecule has 0 unspecified atom stereocenters. The van der Waals surface area contributed by atoms with E-state index in [1.807, 2.05) is 11.3 Å². The molecule has 0 aliphatic heterocycles. The van der Waals surface area contributed by atoms with Gasteiger partial charge >= 0.3 is 0 Å². The van der Waals surface area contributed by atoms with Gasteiger partial charge in [0, 0.05) is 58.4 Å². The summed E-state index contributed by atoms with van der Waals surface area (Å²) in [6.07, 6.45) is 0. The Labute approximate surface area is 307 Å². The summed E-state index contributed by atoms with van der Waals surface area (Å²) < 4.78 is 7.22. The largest absolute Gasteiger partial charge is 0.309 e. The lowest BCUT2D eigenvalue weighted by atomic mass is 10.0. The minimum atomic E-state index is 0.662. The Morgan fingerprint density at radius 2 is 1.04 bits per heavy atom. The van der Waals surface area contributed by atoms with Crippen molar-refractivity contribution in [3.05, 3.63) is 170 Å². The predicted molar refractivity (Wildman–Crippen MR) is 224 cm³/mol. The quantitative estimate of drug-likeness (QED) is 0.185. The summed E-state index contributed by atoms with van der Waals surface area (Å²) >= 11 is 1.83. The minimum Gasteiger partial charge on any atom is -0.309 e. The molecule has 12 rings (SSSR count). The molecule has 0 radical (unpaired) electrons. The van der Waals surface area contributed by atoms with Crippen LogP contribution in [0.1, 0.15) is 0 Å². The van der Waals surface area contributed by atoms with Crippen LogP contribution in [0.3, 0.4) is 0 Å². The number of hydrogen-bond acceptors (Lipinski definition) is 3. The molecule has 0 amide bonds. The van der Waals surface area contributed by atoms with E-state index in [0.717, 1.165) is 38.9 Å². The maximum Gasteiger partial charge on any atom is 0.235 e. The van der Waals surface area contributed by atoms with Crippen LogP contribution in [0.25, 0.3) is 108 Å². The highest BCUT2D eigenvalue weighted by Gasteiger charge is 2.21. The molecule has 0 bridgehead atoms. The molecular weight excluding hydrogens is 665 g/mol. The second kappa shape index (κ2) is 10.8. The molecule has 4 aromatic heterocycles. The number of rotatable bonds is 3. The Kier molecular flexibility index (Phi) is 5.90. The van der Waals surface area contributed by atoms with Crippen molar-refractivity contribution in [3.63, 3.8) is 0 Å². The third-order valence-corrected chi connectivity index (χ3v) is 12.1. The first-order valence-electron chi connectivity index (χ1n) is 17.9. The van der Waals surface area contributed by atoms with Crippen LogP contribution in [-0.4, -0.2) is 19.1 Å². The second-order valence-electron chi connectivity index (χ2n) is 13.8. The molecule has 0 aliphatic rings. The van der Waals surface area contributed by atoms with Gasteiger partial charge in [-0.2, -0.15) is 0 Å². The summed E-state index contributed by atoms with van der Waals surface area (Å²) in [5.41, 5.74) is 8.60. The lowest BCUT2D eigenvalue weighted by Gasteiger charge is -2.12. The Morgan fingerprint density at radius 3 is 1.87 bits per heavy atom. The third kappa shape index (κ3) is 4.11. The van der Waals surface area contributed by atoms with E-state index in [2.05, 4.69) is 179 Å². The van der Waals surface area contributed by atoms with Gasteiger partial charge in [-0.1, -0.05) is 115 Å². The van der Waals surface area contributed by atoms with E-state index < -0.39 is 0 Å². The summed E-state index contributed by atoms with van der Waals surface area (Å²) in [4.78, 5) is 10.7. The molecule has 0 saturated carbocycles. The van der Waals surface area contributed by atoms with Gasteiger partial charge in [0.25, 0.3) is 0 Å². The van der Waals surface area contributed by atoms with Crippen LogP contribution in [-0.2, 0) is 0 Å². The normalized spacial score (nSPS) is 12.2. The fourth-order valence-corrected chi connectivity index (χ4v) is 9.74. The topological polar surface area (TPSA) is 35.6 Å². The lowest BCUT2D eigenvalue weighted by Crippen LogP contribution is -2.03. The van der Waals surface area contributed by atoms with Crippen molar-refractivity contribution >= 4 is 96.8 Å². The fraction of sp³-hybridized carbons (Fsp3) is 0. The van der Waals surface area contributed by atoms with Crippen LogP contribution < -0.4 is 0 Å². The molecule has 0 spiro atoms. The highest BCUT2D eigenvalue weighted by molar-refractivity contribution is 7.25. The van der Waals surface area contributed by atoms with E-state index in [4.69, 9.17) is 9.97 Å². The standard InChI is InChI=1S/C48H28N4S/c1-2-12-32-29(11-1)22-25-43-46(32)38-28-31(51-40-18-8-4-13-33(40)34-14-5-9-19-41(34)51)23-26-42(38)52(43)48-49-39-17-7-3-16-37(39)47(50-48)30-21-24-36-35-15-6-10-20-44(35)53-45(36)27-30/h1-28H. The highest BCUT2D eigenvalue weighted by Crippen LogP contribution is 2.41. The molecule has 4 heterocycles. The van der Waals surface area contributed by atoms with Gasteiger partial charge in [0.1, 0.15) is 0 Å². The van der Waals surface area contributed by atoms with Gasteiger partial charge in [0.2, 0.25) is 5.95 Å². The van der Waals surface area contributed by atoms with Crippen molar-refractivity contribution in [3.8, 4) is 22.9 Å². The van der Waals surface area contributed by atoms with Crippen molar-refractivity contribution in [2.24, 2.45) is 0 Å². The maximum atomic E-state index is 5.46. The summed E-state index contributed by atoms with van der Waals surface area (Å²) in [5.74, 6) is 0.662. The number of aromatic nitrogens is 4. The van der Waals surface area contributed by atoms with Crippen LogP contribution in [0.15, 0.2) is 170 Å². The van der Waals surface area contributed by atoms with Gasteiger partial charge < -0.3 is 4.57 Å². The summed E-state index contributed by atoms with van der Waals surface area (Å²) in [6.45, 7) is 0. The van der Waals surface area contributed by atoms with E-state index >= 15 is 0 Å². The monoisotopic (exact) mass is 692 g/mol. The zero-order chi connectivity index (χ0) is 34.6. The number of fused-ring (bicyclic) bond motifs is 12. The van der Waals surface area contributed by atoms with E-state index in [9.17, 15) is 0 Å². The Balaban J connectivity index is 1.16. The molecule has 0 aliphatic carbocycles. The fourth-order valence-electron chi connectivity index (χ4n) is 8.59. The minimum absolute atomic E-state index is 0.662. The Hall–Kier alpha value is -6.82. The number of thiophene rings is 1. The van der Waals surface area contributed by atoms with Gasteiger partial charge in [-0.05, 0) is 65.4 Å². The van der Waals surface area contributed by atoms with Gasteiger partial charge in [-0.25, -0.2) is 9.97 Å². The van der Waals surface area contributed by atoms with Gasteiger partial charge in [0.15, 0.2) is 0 Å².